The lowest BCUT2D eigenvalue weighted by Crippen LogP contribution is -2.55. The first-order chi connectivity index (χ1) is 19.0. The van der Waals surface area contributed by atoms with Gasteiger partial charge < -0.3 is 15.0 Å². The van der Waals surface area contributed by atoms with Gasteiger partial charge >= 0.3 is 0 Å². The summed E-state index contributed by atoms with van der Waals surface area (Å²) >= 11 is 0. The van der Waals surface area contributed by atoms with E-state index in [0.29, 0.717) is 37.8 Å². The number of fused-ring (bicyclic) bond motifs is 1. The fourth-order valence-corrected chi connectivity index (χ4v) is 5.23. The van der Waals surface area contributed by atoms with Crippen molar-refractivity contribution in [1.29, 1.82) is 0 Å². The van der Waals surface area contributed by atoms with Gasteiger partial charge in [0.25, 0.3) is 5.56 Å². The lowest BCUT2D eigenvalue weighted by Gasteiger charge is -2.41. The SMILES string of the molecule is C=CC(=O)N1CCN(CCn2c(=O)ccc3cnc(Nc4cnn(CCN5CCOCC5)c4)nc32)C(CC)C1. The minimum Gasteiger partial charge on any atom is -0.379 e. The molecule has 2 fully saturated rings. The third-order valence-corrected chi connectivity index (χ3v) is 7.53. The number of pyridine rings is 1. The van der Waals surface area contributed by atoms with E-state index in [2.05, 4.69) is 38.7 Å². The average molecular weight is 536 g/mol. The number of nitrogens with one attached hydrogen (secondary N) is 1. The van der Waals surface area contributed by atoms with Gasteiger partial charge in [-0.25, -0.2) is 4.98 Å². The summed E-state index contributed by atoms with van der Waals surface area (Å²) in [4.78, 5) is 40.7. The molecule has 12 nitrogen and oxygen atoms in total. The van der Waals surface area contributed by atoms with Gasteiger partial charge in [-0.2, -0.15) is 10.1 Å². The molecule has 0 bridgehead atoms. The van der Waals surface area contributed by atoms with Crippen molar-refractivity contribution >= 4 is 28.6 Å². The van der Waals surface area contributed by atoms with E-state index in [1.165, 1.54) is 6.08 Å². The lowest BCUT2D eigenvalue weighted by molar-refractivity contribution is -0.129. The number of hydrogen-bond acceptors (Lipinski definition) is 9. The third kappa shape index (κ3) is 6.52. The summed E-state index contributed by atoms with van der Waals surface area (Å²) in [6.45, 7) is 14.2. The van der Waals surface area contributed by atoms with Gasteiger partial charge in [0.2, 0.25) is 11.9 Å². The van der Waals surface area contributed by atoms with Gasteiger partial charge in [0, 0.05) is 82.2 Å². The fourth-order valence-electron chi connectivity index (χ4n) is 5.23. The minimum atomic E-state index is -0.100. The van der Waals surface area contributed by atoms with Crippen LogP contribution in [0.25, 0.3) is 11.0 Å². The second-order valence-electron chi connectivity index (χ2n) is 9.95. The van der Waals surface area contributed by atoms with Gasteiger partial charge in [0.15, 0.2) is 0 Å². The monoisotopic (exact) mass is 535 g/mol. The van der Waals surface area contributed by atoms with E-state index in [1.54, 1.807) is 29.1 Å². The predicted octanol–water partition coefficient (Wildman–Crippen LogP) is 1.17. The maximum atomic E-state index is 12.9. The topological polar surface area (TPSA) is 114 Å². The molecule has 0 aromatic carbocycles. The van der Waals surface area contributed by atoms with Crippen molar-refractivity contribution in [3.8, 4) is 0 Å². The first kappa shape index (κ1) is 27.0. The van der Waals surface area contributed by atoms with Crippen LogP contribution in [-0.4, -0.2) is 110 Å². The molecule has 1 amide bonds. The maximum Gasteiger partial charge on any atom is 0.252 e. The maximum absolute atomic E-state index is 12.9. The van der Waals surface area contributed by atoms with E-state index in [0.717, 1.165) is 63.4 Å². The van der Waals surface area contributed by atoms with Crippen LogP contribution in [-0.2, 0) is 22.6 Å². The van der Waals surface area contributed by atoms with Crippen LogP contribution in [0.15, 0.2) is 48.2 Å². The minimum absolute atomic E-state index is 0.0299. The number of amides is 1. The van der Waals surface area contributed by atoms with Crippen LogP contribution in [0.1, 0.15) is 13.3 Å². The highest BCUT2D eigenvalue weighted by Crippen LogP contribution is 2.17. The van der Waals surface area contributed by atoms with Crippen molar-refractivity contribution < 1.29 is 9.53 Å². The molecule has 39 heavy (non-hydrogen) atoms. The Morgan fingerprint density at radius 2 is 1.97 bits per heavy atom. The van der Waals surface area contributed by atoms with Gasteiger partial charge in [-0.05, 0) is 18.6 Å². The Balaban J connectivity index is 1.25. The molecule has 2 aliphatic rings. The van der Waals surface area contributed by atoms with E-state index in [1.807, 2.05) is 15.8 Å². The second kappa shape index (κ2) is 12.5. The number of morpholine rings is 1. The van der Waals surface area contributed by atoms with Gasteiger partial charge in [-0.1, -0.05) is 13.5 Å². The molecule has 12 heteroatoms. The zero-order valence-corrected chi connectivity index (χ0v) is 22.5. The molecule has 3 aromatic rings. The molecule has 2 saturated heterocycles. The molecule has 208 valence electrons. The summed E-state index contributed by atoms with van der Waals surface area (Å²) < 4.78 is 9.03. The molecule has 1 N–H and O–H groups in total. The zero-order chi connectivity index (χ0) is 27.2. The highest BCUT2D eigenvalue weighted by Gasteiger charge is 2.27. The summed E-state index contributed by atoms with van der Waals surface area (Å²) in [6.07, 6.45) is 7.72. The molecular formula is C27H37N9O3. The summed E-state index contributed by atoms with van der Waals surface area (Å²) in [5.74, 6) is 0.385. The molecule has 0 radical (unpaired) electrons. The lowest BCUT2D eigenvalue weighted by atomic mass is 10.1. The van der Waals surface area contributed by atoms with Crippen molar-refractivity contribution in [2.75, 3.05) is 64.3 Å². The molecule has 1 unspecified atom stereocenters. The molecule has 1 atom stereocenters. The van der Waals surface area contributed by atoms with E-state index in [4.69, 9.17) is 9.72 Å². The normalized spacial score (nSPS) is 18.9. The Kier molecular flexibility index (Phi) is 8.64. The number of carbonyl (C=O) groups is 1. The first-order valence-corrected chi connectivity index (χ1v) is 13.7. The van der Waals surface area contributed by atoms with Crippen LogP contribution in [0.4, 0.5) is 11.6 Å². The highest BCUT2D eigenvalue weighted by atomic mass is 16.5. The molecule has 2 aliphatic heterocycles. The molecule has 0 spiro atoms. The Hall–Kier alpha value is -3.61. The van der Waals surface area contributed by atoms with Gasteiger partial charge in [-0.15, -0.1) is 0 Å². The van der Waals surface area contributed by atoms with Crippen molar-refractivity contribution in [3.05, 3.63) is 53.7 Å². The zero-order valence-electron chi connectivity index (χ0n) is 22.5. The van der Waals surface area contributed by atoms with E-state index >= 15 is 0 Å². The summed E-state index contributed by atoms with van der Waals surface area (Å²) in [5.41, 5.74) is 1.28. The number of rotatable bonds is 10. The second-order valence-corrected chi connectivity index (χ2v) is 9.95. The van der Waals surface area contributed by atoms with E-state index < -0.39 is 0 Å². The largest absolute Gasteiger partial charge is 0.379 e. The van der Waals surface area contributed by atoms with Crippen LogP contribution in [0.3, 0.4) is 0 Å². The third-order valence-electron chi connectivity index (χ3n) is 7.53. The molecule has 5 heterocycles. The first-order valence-electron chi connectivity index (χ1n) is 13.7. The average Bonchev–Trinajstić information content (AvgIpc) is 3.42. The molecule has 0 aliphatic carbocycles. The Morgan fingerprint density at radius 3 is 2.77 bits per heavy atom. The van der Waals surface area contributed by atoms with Crippen LogP contribution in [0, 0.1) is 0 Å². The number of anilines is 2. The number of aromatic nitrogens is 5. The summed E-state index contributed by atoms with van der Waals surface area (Å²) in [6, 6.07) is 3.56. The quantitative estimate of drug-likeness (QED) is 0.382. The number of ether oxygens (including phenoxy) is 1. The van der Waals surface area contributed by atoms with Crippen molar-refractivity contribution in [2.45, 2.75) is 32.5 Å². The number of piperazine rings is 1. The number of hydrogen-bond donors (Lipinski definition) is 1. The van der Waals surface area contributed by atoms with Crippen molar-refractivity contribution in [1.82, 2.24) is 39.0 Å². The van der Waals surface area contributed by atoms with Crippen LogP contribution in [0.5, 0.6) is 0 Å². The fraction of sp³-hybridized carbons (Fsp3) is 0.519. The standard InChI is InChI=1S/C27H37N9O3/c1-3-23-20-34(24(37)4-2)9-8-33(23)10-12-36-25(38)6-5-21-17-28-27(31-26(21)36)30-22-18-29-35(19-22)11-7-32-13-15-39-16-14-32/h4-6,17-19,23H,2-3,7-16,20H2,1H3,(H,28,30,31). The Morgan fingerprint density at radius 1 is 1.13 bits per heavy atom. The van der Waals surface area contributed by atoms with Crippen LogP contribution >= 0.6 is 0 Å². The van der Waals surface area contributed by atoms with Crippen LogP contribution < -0.4 is 10.9 Å². The summed E-state index contributed by atoms with van der Waals surface area (Å²) in [7, 11) is 0. The van der Waals surface area contributed by atoms with Gasteiger partial charge in [0.1, 0.15) is 5.65 Å². The Labute approximate surface area is 227 Å². The highest BCUT2D eigenvalue weighted by molar-refractivity contribution is 5.87. The molecule has 0 saturated carbocycles. The van der Waals surface area contributed by atoms with Gasteiger partial charge in [0.05, 0.1) is 31.6 Å². The molecule has 3 aromatic heterocycles. The predicted molar refractivity (Wildman–Crippen MR) is 149 cm³/mol. The molecular weight excluding hydrogens is 498 g/mol. The van der Waals surface area contributed by atoms with E-state index in [9.17, 15) is 9.59 Å². The Bertz CT molecular complexity index is 1350. The smallest absolute Gasteiger partial charge is 0.252 e. The summed E-state index contributed by atoms with van der Waals surface area (Å²) in [5, 5.41) is 8.49. The number of carbonyl (C=O) groups excluding carboxylic acids is 1. The molecule has 5 rings (SSSR count). The van der Waals surface area contributed by atoms with Crippen LogP contribution in [0.2, 0.25) is 0 Å². The van der Waals surface area contributed by atoms with Crippen molar-refractivity contribution in [3.63, 3.8) is 0 Å². The number of nitrogens with zero attached hydrogens (tertiary/aromatic N) is 8. The van der Waals surface area contributed by atoms with E-state index in [-0.39, 0.29) is 17.5 Å². The van der Waals surface area contributed by atoms with Gasteiger partial charge in [-0.3, -0.25) is 28.6 Å². The van der Waals surface area contributed by atoms with Crippen molar-refractivity contribution in [2.24, 2.45) is 0 Å².